The number of hydrogen-bond acceptors (Lipinski definition) is 2. The van der Waals surface area contributed by atoms with E-state index in [1.54, 1.807) is 0 Å². The standard InChI is InChI=1S/C30H44N2O2/c1-29-10-8-23-21(4-7-25-30(23,2)11-9-26(33)32(25)3)22(29)5-6-24(29)28(34)31-27-19-13-17-12-18(15-19)16-20(27)14-17/h9,11,17-25,27H,4-8,10,12-16H2,1-3H3,(H,31,34)/t17?,18?,19?,20?,21-,22-,23+,24?,25?,27?,29-,30+/m0/s1. The average Bonchev–Trinajstić information content (AvgIpc) is 3.16. The number of likely N-dealkylation sites (N-methyl/N-ethyl adjacent to an activating group) is 1. The lowest BCUT2D eigenvalue weighted by Crippen LogP contribution is -2.60. The summed E-state index contributed by atoms with van der Waals surface area (Å²) in [5, 5.41) is 3.70. The minimum Gasteiger partial charge on any atom is -0.353 e. The molecule has 1 N–H and O–H groups in total. The predicted octanol–water partition coefficient (Wildman–Crippen LogP) is 5.18. The number of hydrogen-bond donors (Lipinski definition) is 1. The molecule has 4 heteroatoms. The Morgan fingerprint density at radius 2 is 1.65 bits per heavy atom. The summed E-state index contributed by atoms with van der Waals surface area (Å²) in [5.74, 6) is 6.21. The summed E-state index contributed by atoms with van der Waals surface area (Å²) in [6.07, 6.45) is 18.1. The molecular weight excluding hydrogens is 420 g/mol. The van der Waals surface area contributed by atoms with Crippen molar-refractivity contribution in [2.24, 2.45) is 58.2 Å². The highest BCUT2D eigenvalue weighted by Gasteiger charge is 2.62. The van der Waals surface area contributed by atoms with Crippen molar-refractivity contribution in [2.75, 3.05) is 7.05 Å². The second kappa shape index (κ2) is 7.35. The second-order valence-electron chi connectivity index (χ2n) is 14.3. The molecule has 4 nitrogen and oxygen atoms in total. The van der Waals surface area contributed by atoms with Crippen molar-refractivity contribution in [2.45, 2.75) is 96.6 Å². The lowest BCUT2D eigenvalue weighted by molar-refractivity contribution is -0.143. The van der Waals surface area contributed by atoms with Gasteiger partial charge in [0.25, 0.3) is 0 Å². The minimum atomic E-state index is 0.0909. The van der Waals surface area contributed by atoms with E-state index in [0.29, 0.717) is 35.7 Å². The Labute approximate surface area is 205 Å². The normalized spacial score (nSPS) is 55.0. The molecule has 4 bridgehead atoms. The maximum atomic E-state index is 13.9. The maximum absolute atomic E-state index is 13.9. The van der Waals surface area contributed by atoms with E-state index in [1.165, 1.54) is 57.8 Å². The van der Waals surface area contributed by atoms with Crippen molar-refractivity contribution >= 4 is 11.8 Å². The molecule has 2 amide bonds. The van der Waals surface area contributed by atoms with Crippen LogP contribution in [0.25, 0.3) is 0 Å². The van der Waals surface area contributed by atoms with Gasteiger partial charge in [-0.1, -0.05) is 19.9 Å². The molecule has 0 aromatic heterocycles. The number of nitrogens with zero attached hydrogens (tertiary/aromatic N) is 1. The maximum Gasteiger partial charge on any atom is 0.246 e. The van der Waals surface area contributed by atoms with Gasteiger partial charge in [0, 0.05) is 30.5 Å². The summed E-state index contributed by atoms with van der Waals surface area (Å²) in [6.45, 7) is 4.89. The van der Waals surface area contributed by atoms with Crippen LogP contribution >= 0.6 is 0 Å². The van der Waals surface area contributed by atoms with Gasteiger partial charge in [0.05, 0.1) is 0 Å². The van der Waals surface area contributed by atoms with E-state index in [1.807, 2.05) is 18.0 Å². The van der Waals surface area contributed by atoms with Gasteiger partial charge >= 0.3 is 0 Å². The quantitative estimate of drug-likeness (QED) is 0.612. The highest BCUT2D eigenvalue weighted by molar-refractivity contribution is 5.89. The fourth-order valence-electron chi connectivity index (χ4n) is 11.6. The Bertz CT molecular complexity index is 899. The van der Waals surface area contributed by atoms with Crippen molar-refractivity contribution in [3.8, 4) is 0 Å². The van der Waals surface area contributed by atoms with E-state index in [9.17, 15) is 9.59 Å². The van der Waals surface area contributed by atoms with Gasteiger partial charge in [-0.15, -0.1) is 0 Å². The molecule has 0 aromatic carbocycles. The van der Waals surface area contributed by atoms with Crippen LogP contribution in [0.5, 0.6) is 0 Å². The second-order valence-corrected chi connectivity index (χ2v) is 14.3. The summed E-state index contributed by atoms with van der Waals surface area (Å²) in [4.78, 5) is 28.2. The topological polar surface area (TPSA) is 49.4 Å². The zero-order valence-electron chi connectivity index (χ0n) is 21.5. The molecule has 0 aromatic rings. The molecule has 2 unspecified atom stereocenters. The predicted molar refractivity (Wildman–Crippen MR) is 133 cm³/mol. The minimum absolute atomic E-state index is 0.0909. The monoisotopic (exact) mass is 464 g/mol. The number of fused-ring (bicyclic) bond motifs is 5. The number of nitrogens with one attached hydrogen (secondary N) is 1. The number of carbonyl (C=O) groups is 2. The third kappa shape index (κ3) is 2.89. The zero-order chi connectivity index (χ0) is 23.4. The highest BCUT2D eigenvalue weighted by Crippen LogP contribution is 2.65. The Kier molecular flexibility index (Phi) is 4.74. The van der Waals surface area contributed by atoms with Crippen molar-refractivity contribution < 1.29 is 9.59 Å². The molecule has 0 spiro atoms. The molecule has 1 aliphatic heterocycles. The summed E-state index contributed by atoms with van der Waals surface area (Å²) in [6, 6.07) is 0.808. The van der Waals surface area contributed by atoms with E-state index < -0.39 is 0 Å². The molecule has 7 fully saturated rings. The smallest absolute Gasteiger partial charge is 0.246 e. The molecule has 0 radical (unpaired) electrons. The first-order chi connectivity index (χ1) is 16.3. The molecule has 34 heavy (non-hydrogen) atoms. The Morgan fingerprint density at radius 3 is 2.35 bits per heavy atom. The van der Waals surface area contributed by atoms with Crippen LogP contribution in [0.1, 0.15) is 84.5 Å². The van der Waals surface area contributed by atoms with Crippen LogP contribution in [0, 0.1) is 58.2 Å². The van der Waals surface area contributed by atoms with Gasteiger partial charge in [0.15, 0.2) is 0 Å². The van der Waals surface area contributed by atoms with Crippen LogP contribution in [0.3, 0.4) is 0 Å². The van der Waals surface area contributed by atoms with Crippen LogP contribution in [0.2, 0.25) is 0 Å². The van der Waals surface area contributed by atoms with Crippen LogP contribution in [-0.4, -0.2) is 35.8 Å². The number of carbonyl (C=O) groups excluding carboxylic acids is 2. The Hall–Kier alpha value is -1.32. The molecular formula is C30H44N2O2. The van der Waals surface area contributed by atoms with Crippen LogP contribution < -0.4 is 5.32 Å². The van der Waals surface area contributed by atoms with Gasteiger partial charge in [-0.05, 0) is 124 Å². The third-order valence-electron chi connectivity index (χ3n) is 13.0. The molecule has 8 rings (SSSR count). The van der Waals surface area contributed by atoms with E-state index in [2.05, 4.69) is 25.2 Å². The fourth-order valence-corrected chi connectivity index (χ4v) is 11.6. The van der Waals surface area contributed by atoms with Crippen LogP contribution in [0.15, 0.2) is 12.2 Å². The van der Waals surface area contributed by atoms with Gasteiger partial charge in [-0.25, -0.2) is 0 Å². The lowest BCUT2D eigenvalue weighted by Gasteiger charge is -2.60. The first-order valence-corrected chi connectivity index (χ1v) is 14.5. The summed E-state index contributed by atoms with van der Waals surface area (Å²) in [7, 11) is 2.00. The molecule has 7 aliphatic carbocycles. The Morgan fingerprint density at radius 1 is 0.941 bits per heavy atom. The van der Waals surface area contributed by atoms with E-state index in [4.69, 9.17) is 0 Å². The van der Waals surface area contributed by atoms with Gasteiger partial charge in [-0.3, -0.25) is 9.59 Å². The Balaban J connectivity index is 1.09. The van der Waals surface area contributed by atoms with E-state index in [0.717, 1.165) is 36.5 Å². The summed E-state index contributed by atoms with van der Waals surface area (Å²) >= 11 is 0. The van der Waals surface area contributed by atoms with Gasteiger partial charge < -0.3 is 10.2 Å². The highest BCUT2D eigenvalue weighted by atomic mass is 16.2. The van der Waals surface area contributed by atoms with Crippen molar-refractivity contribution in [3.05, 3.63) is 12.2 Å². The van der Waals surface area contributed by atoms with E-state index >= 15 is 0 Å². The SMILES string of the molecule is CN1C(=O)C=C[C@@]2(C)C1CC[C@@H]1[C@H]2CC[C@]2(C)C(C(=O)NC3C4CC5CC(C4)CC3C5)CC[C@@H]12. The van der Waals surface area contributed by atoms with Gasteiger partial charge in [0.1, 0.15) is 0 Å². The van der Waals surface area contributed by atoms with Gasteiger partial charge in [0.2, 0.25) is 11.8 Å². The fraction of sp³-hybridized carbons (Fsp3) is 0.867. The third-order valence-corrected chi connectivity index (χ3v) is 13.0. The number of rotatable bonds is 2. The molecule has 7 saturated carbocycles. The summed E-state index contributed by atoms with van der Waals surface area (Å²) < 4.78 is 0. The first kappa shape index (κ1) is 21.9. The lowest BCUT2D eigenvalue weighted by atomic mass is 9.47. The van der Waals surface area contributed by atoms with Crippen molar-refractivity contribution in [1.29, 1.82) is 0 Å². The first-order valence-electron chi connectivity index (χ1n) is 14.5. The molecule has 1 heterocycles. The van der Waals surface area contributed by atoms with Crippen molar-refractivity contribution in [1.82, 2.24) is 10.2 Å². The molecule has 8 aliphatic rings. The van der Waals surface area contributed by atoms with Crippen LogP contribution in [-0.2, 0) is 9.59 Å². The average molecular weight is 465 g/mol. The largest absolute Gasteiger partial charge is 0.353 e. The molecule has 186 valence electrons. The number of amides is 2. The van der Waals surface area contributed by atoms with Crippen LogP contribution in [0.4, 0.5) is 0 Å². The van der Waals surface area contributed by atoms with E-state index in [-0.39, 0.29) is 22.7 Å². The van der Waals surface area contributed by atoms with Crippen molar-refractivity contribution in [3.63, 3.8) is 0 Å². The molecule has 0 saturated heterocycles. The zero-order valence-corrected chi connectivity index (χ0v) is 21.5. The summed E-state index contributed by atoms with van der Waals surface area (Å²) in [5.41, 5.74) is 0.244. The molecule has 7 atom stereocenters. The van der Waals surface area contributed by atoms with Gasteiger partial charge in [-0.2, -0.15) is 0 Å².